The van der Waals surface area contributed by atoms with Gasteiger partial charge >= 0.3 is 17.9 Å². The summed E-state index contributed by atoms with van der Waals surface area (Å²) in [5, 5.41) is 0. The molecular formula is C69H108O6. The minimum atomic E-state index is -0.826. The largest absolute Gasteiger partial charge is 0.462 e. The molecule has 0 bridgehead atoms. The summed E-state index contributed by atoms with van der Waals surface area (Å²) >= 11 is 0. The van der Waals surface area contributed by atoms with Gasteiger partial charge in [-0.15, -0.1) is 0 Å². The molecule has 0 spiro atoms. The van der Waals surface area contributed by atoms with Crippen molar-refractivity contribution in [2.75, 3.05) is 13.2 Å². The average Bonchev–Trinajstić information content (AvgIpc) is 3.41. The van der Waals surface area contributed by atoms with Gasteiger partial charge in [0.25, 0.3) is 0 Å². The molecule has 1 atom stereocenters. The summed E-state index contributed by atoms with van der Waals surface area (Å²) in [6.07, 6.45) is 89.7. The van der Waals surface area contributed by atoms with Crippen molar-refractivity contribution < 1.29 is 28.6 Å². The second kappa shape index (κ2) is 61.6. The van der Waals surface area contributed by atoms with Crippen LogP contribution in [-0.2, 0) is 28.6 Å². The number of esters is 3. The number of ether oxygens (including phenoxy) is 3. The Morgan fingerprint density at radius 1 is 0.267 bits per heavy atom. The number of hydrogen-bond acceptors (Lipinski definition) is 6. The summed E-state index contributed by atoms with van der Waals surface area (Å²) in [5.41, 5.74) is 0. The monoisotopic (exact) mass is 1030 g/mol. The number of carbonyl (C=O) groups excluding carboxylic acids is 3. The first-order valence-corrected chi connectivity index (χ1v) is 30.0. The van der Waals surface area contributed by atoms with E-state index in [0.717, 1.165) is 141 Å². The maximum Gasteiger partial charge on any atom is 0.306 e. The number of rotatable bonds is 52. The summed E-state index contributed by atoms with van der Waals surface area (Å²) in [5.74, 6) is -1.03. The molecule has 0 rings (SSSR count). The van der Waals surface area contributed by atoms with Crippen molar-refractivity contribution in [2.24, 2.45) is 0 Å². The fourth-order valence-electron chi connectivity index (χ4n) is 7.65. The van der Waals surface area contributed by atoms with E-state index in [0.29, 0.717) is 12.8 Å². The van der Waals surface area contributed by atoms with Crippen LogP contribution in [-0.4, -0.2) is 37.2 Å². The predicted molar refractivity (Wildman–Crippen MR) is 325 cm³/mol. The molecule has 0 aliphatic heterocycles. The van der Waals surface area contributed by atoms with E-state index in [1.807, 2.05) is 12.2 Å². The highest BCUT2D eigenvalue weighted by Crippen LogP contribution is 2.14. The van der Waals surface area contributed by atoms with Crippen LogP contribution in [0.2, 0.25) is 0 Å². The van der Waals surface area contributed by atoms with Gasteiger partial charge in [0.2, 0.25) is 0 Å². The van der Waals surface area contributed by atoms with Crippen LogP contribution in [0.3, 0.4) is 0 Å². The Morgan fingerprint density at radius 2 is 0.507 bits per heavy atom. The van der Waals surface area contributed by atoms with Crippen molar-refractivity contribution in [3.05, 3.63) is 158 Å². The van der Waals surface area contributed by atoms with Gasteiger partial charge in [0.15, 0.2) is 6.10 Å². The molecule has 6 nitrogen and oxygen atoms in total. The molecule has 0 aromatic heterocycles. The Morgan fingerprint density at radius 3 is 0.827 bits per heavy atom. The highest BCUT2D eigenvalue weighted by atomic mass is 16.6. The fourth-order valence-corrected chi connectivity index (χ4v) is 7.65. The Hall–Kier alpha value is -4.97. The second-order valence-electron chi connectivity index (χ2n) is 19.1. The lowest BCUT2D eigenvalue weighted by Gasteiger charge is -2.18. The van der Waals surface area contributed by atoms with E-state index >= 15 is 0 Å². The van der Waals surface area contributed by atoms with Crippen LogP contribution >= 0.6 is 0 Å². The molecule has 1 unspecified atom stereocenters. The van der Waals surface area contributed by atoms with Crippen LogP contribution in [0.25, 0.3) is 0 Å². The van der Waals surface area contributed by atoms with Crippen molar-refractivity contribution in [1.29, 1.82) is 0 Å². The molecule has 0 aromatic carbocycles. The third kappa shape index (κ3) is 59.8. The summed E-state index contributed by atoms with van der Waals surface area (Å²) in [6, 6.07) is 0. The summed E-state index contributed by atoms with van der Waals surface area (Å²) in [6.45, 7) is 6.21. The molecule has 0 N–H and O–H groups in total. The summed E-state index contributed by atoms with van der Waals surface area (Å²) in [7, 11) is 0. The van der Waals surface area contributed by atoms with Gasteiger partial charge in [-0.1, -0.05) is 249 Å². The number of hydrogen-bond donors (Lipinski definition) is 0. The van der Waals surface area contributed by atoms with Crippen LogP contribution in [0.1, 0.15) is 239 Å². The molecule has 6 heteroatoms. The number of unbranched alkanes of at least 4 members (excludes halogenated alkanes) is 15. The zero-order valence-corrected chi connectivity index (χ0v) is 48.0. The molecule has 420 valence electrons. The Bertz CT molecular complexity index is 1710. The van der Waals surface area contributed by atoms with Gasteiger partial charge in [-0.3, -0.25) is 14.4 Å². The molecule has 75 heavy (non-hydrogen) atoms. The Kier molecular flexibility index (Phi) is 57.5. The first kappa shape index (κ1) is 70.0. The van der Waals surface area contributed by atoms with E-state index in [-0.39, 0.29) is 44.0 Å². The minimum absolute atomic E-state index is 0.116. The maximum absolute atomic E-state index is 12.9. The SMILES string of the molecule is CC/C=C\C/C=C\C/C=C\C/C=C\C/C=C\CCCCCCCCCCCC(=O)OCC(COC(=O)CC/C=C\C/C=C\C/C=C\C/C=C\CC)OC(=O)CCCCCCCC/C=C\C/C=C\C/C=C\C/C=C\CC. The van der Waals surface area contributed by atoms with Crippen LogP contribution in [0.5, 0.6) is 0 Å². The standard InChI is InChI=1S/C69H108O6/c1-4-7-10-13-16-19-22-25-27-29-31-32-33-34-35-36-38-39-41-44-47-50-53-56-59-62-68(71)74-65-66(64-73-67(70)61-58-55-52-49-46-43-24-21-18-15-12-9-6-3)75-69(72)63-60-57-54-51-48-45-42-40-37-30-28-26-23-20-17-14-11-8-5-2/h7-12,16-21,25-28,31-32,34-35,37,40,43,46,52,55,66H,4-6,13-15,22-24,29-30,33,36,38-39,41-42,44-45,47-51,53-54,56-65H2,1-3H3/b10-7-,11-8-,12-9-,19-16-,20-17-,21-18-,27-25-,28-26-,32-31-,35-34-,40-37-,46-43-,55-52-. The fraction of sp³-hybridized carbons (Fsp3) is 0.580. The van der Waals surface area contributed by atoms with Crippen LogP contribution in [0, 0.1) is 0 Å². The molecule has 0 fully saturated rings. The van der Waals surface area contributed by atoms with Crippen molar-refractivity contribution in [2.45, 2.75) is 245 Å². The van der Waals surface area contributed by atoms with E-state index in [1.165, 1.54) is 51.4 Å². The minimum Gasteiger partial charge on any atom is -0.462 e. The molecular weight excluding hydrogens is 925 g/mol. The molecule has 0 aliphatic rings. The average molecular weight is 1030 g/mol. The lowest BCUT2D eigenvalue weighted by Crippen LogP contribution is -2.30. The summed E-state index contributed by atoms with van der Waals surface area (Å²) < 4.78 is 16.8. The van der Waals surface area contributed by atoms with Gasteiger partial charge < -0.3 is 14.2 Å². The Balaban J connectivity index is 4.44. The van der Waals surface area contributed by atoms with E-state index in [1.54, 1.807) is 0 Å². The van der Waals surface area contributed by atoms with Crippen molar-refractivity contribution >= 4 is 17.9 Å². The molecule has 0 saturated carbocycles. The van der Waals surface area contributed by atoms with E-state index < -0.39 is 6.10 Å². The highest BCUT2D eigenvalue weighted by Gasteiger charge is 2.19. The van der Waals surface area contributed by atoms with Crippen molar-refractivity contribution in [3.63, 3.8) is 0 Å². The molecule has 0 heterocycles. The van der Waals surface area contributed by atoms with Gasteiger partial charge in [-0.05, 0) is 128 Å². The van der Waals surface area contributed by atoms with Crippen molar-refractivity contribution in [3.8, 4) is 0 Å². The molecule has 0 radical (unpaired) electrons. The topological polar surface area (TPSA) is 78.9 Å². The van der Waals surface area contributed by atoms with E-state index in [4.69, 9.17) is 14.2 Å². The predicted octanol–water partition coefficient (Wildman–Crippen LogP) is 20.5. The number of carbonyl (C=O) groups is 3. The van der Waals surface area contributed by atoms with Crippen LogP contribution < -0.4 is 0 Å². The molecule has 0 aromatic rings. The lowest BCUT2D eigenvalue weighted by molar-refractivity contribution is -0.166. The third-order valence-corrected chi connectivity index (χ3v) is 12.0. The van der Waals surface area contributed by atoms with Gasteiger partial charge in [-0.25, -0.2) is 0 Å². The first-order valence-electron chi connectivity index (χ1n) is 30.0. The second-order valence-corrected chi connectivity index (χ2v) is 19.1. The van der Waals surface area contributed by atoms with Crippen molar-refractivity contribution in [1.82, 2.24) is 0 Å². The quantitative estimate of drug-likeness (QED) is 0.0261. The van der Waals surface area contributed by atoms with Gasteiger partial charge in [0, 0.05) is 19.3 Å². The normalized spacial score (nSPS) is 13.3. The van der Waals surface area contributed by atoms with Gasteiger partial charge in [0.05, 0.1) is 0 Å². The number of allylic oxidation sites excluding steroid dienone is 26. The zero-order chi connectivity index (χ0) is 54.3. The highest BCUT2D eigenvalue weighted by molar-refractivity contribution is 5.71. The summed E-state index contributed by atoms with van der Waals surface area (Å²) in [4.78, 5) is 38.2. The Labute approximate surface area is 460 Å². The third-order valence-electron chi connectivity index (χ3n) is 12.0. The van der Waals surface area contributed by atoms with E-state index in [2.05, 4.69) is 167 Å². The van der Waals surface area contributed by atoms with E-state index in [9.17, 15) is 14.4 Å². The van der Waals surface area contributed by atoms with Crippen LogP contribution in [0.15, 0.2) is 158 Å². The smallest absolute Gasteiger partial charge is 0.306 e. The lowest BCUT2D eigenvalue weighted by atomic mass is 10.1. The maximum atomic E-state index is 12.9. The molecule has 0 saturated heterocycles. The molecule has 0 amide bonds. The van der Waals surface area contributed by atoms with Gasteiger partial charge in [-0.2, -0.15) is 0 Å². The molecule has 0 aliphatic carbocycles. The zero-order valence-electron chi connectivity index (χ0n) is 48.0. The van der Waals surface area contributed by atoms with Gasteiger partial charge in [0.1, 0.15) is 13.2 Å². The van der Waals surface area contributed by atoms with Crippen LogP contribution in [0.4, 0.5) is 0 Å². The first-order chi connectivity index (χ1) is 37.0.